The van der Waals surface area contributed by atoms with Crippen LogP contribution in [0.2, 0.25) is 0 Å². The molecule has 4 heteroatoms. The number of ether oxygens (including phenoxy) is 1. The van der Waals surface area contributed by atoms with Crippen molar-refractivity contribution in [3.8, 4) is 5.75 Å². The topological polar surface area (TPSA) is 60.4 Å². The summed E-state index contributed by atoms with van der Waals surface area (Å²) in [5.41, 5.74) is 0.319. The van der Waals surface area contributed by atoms with Gasteiger partial charge in [0.1, 0.15) is 11.5 Å². The molecule has 0 amide bonds. The summed E-state index contributed by atoms with van der Waals surface area (Å²) in [6.07, 6.45) is 0.0842. The molecule has 90 valence electrons. The highest BCUT2D eigenvalue weighted by atomic mass is 16.5. The molecule has 0 N–H and O–H groups in total. The number of methoxy groups -OCH3 is 1. The van der Waals surface area contributed by atoms with Crippen LogP contribution in [0.5, 0.6) is 5.75 Å². The Balaban J connectivity index is 2.68. The molecule has 0 saturated carbocycles. The molecule has 0 aliphatic rings. The lowest BCUT2D eigenvalue weighted by Crippen LogP contribution is -2.14. The first-order valence-electron chi connectivity index (χ1n) is 5.25. The number of hydrogen-bond donors (Lipinski definition) is 0. The van der Waals surface area contributed by atoms with Crippen LogP contribution in [-0.4, -0.2) is 24.5 Å². The maximum Gasteiger partial charge on any atom is 0.228 e. The fraction of sp³-hybridized carbons (Fsp3) is 0.308. The number of carbonyl (C=O) groups excluding carboxylic acids is 3. The van der Waals surface area contributed by atoms with E-state index in [-0.39, 0.29) is 18.6 Å². The van der Waals surface area contributed by atoms with E-state index in [0.29, 0.717) is 11.3 Å². The lowest BCUT2D eigenvalue weighted by Gasteiger charge is -2.02. The SMILES string of the molecule is COc1ccc(C(=O)C(=O)CCC(C)=O)cc1. The van der Waals surface area contributed by atoms with Crippen molar-refractivity contribution in [1.82, 2.24) is 0 Å². The molecule has 0 fully saturated rings. The summed E-state index contributed by atoms with van der Waals surface area (Å²) in [6.45, 7) is 1.39. The van der Waals surface area contributed by atoms with Crippen LogP contribution in [0.1, 0.15) is 30.1 Å². The Kier molecular flexibility index (Phi) is 4.57. The van der Waals surface area contributed by atoms with Crippen molar-refractivity contribution in [1.29, 1.82) is 0 Å². The lowest BCUT2D eigenvalue weighted by atomic mass is 10.0. The van der Waals surface area contributed by atoms with Gasteiger partial charge >= 0.3 is 0 Å². The molecule has 0 aromatic heterocycles. The van der Waals surface area contributed by atoms with E-state index in [9.17, 15) is 14.4 Å². The van der Waals surface area contributed by atoms with Gasteiger partial charge in [-0.25, -0.2) is 0 Å². The quantitative estimate of drug-likeness (QED) is 0.556. The second-order valence-electron chi connectivity index (χ2n) is 3.68. The Hall–Kier alpha value is -1.97. The summed E-state index contributed by atoms with van der Waals surface area (Å²) in [6, 6.07) is 6.30. The maximum atomic E-state index is 11.7. The molecule has 1 aromatic rings. The van der Waals surface area contributed by atoms with Crippen LogP contribution in [0.3, 0.4) is 0 Å². The average Bonchev–Trinajstić information content (AvgIpc) is 2.35. The van der Waals surface area contributed by atoms with E-state index < -0.39 is 11.6 Å². The van der Waals surface area contributed by atoms with Crippen molar-refractivity contribution in [3.05, 3.63) is 29.8 Å². The van der Waals surface area contributed by atoms with Gasteiger partial charge in [-0.2, -0.15) is 0 Å². The number of Topliss-reactive ketones (excluding diaryl/α,β-unsaturated/α-hetero) is 3. The fourth-order valence-corrected chi connectivity index (χ4v) is 1.31. The van der Waals surface area contributed by atoms with Crippen LogP contribution < -0.4 is 4.74 Å². The van der Waals surface area contributed by atoms with E-state index in [4.69, 9.17) is 4.74 Å². The van der Waals surface area contributed by atoms with Gasteiger partial charge in [-0.05, 0) is 31.2 Å². The molecule has 0 aliphatic heterocycles. The van der Waals surface area contributed by atoms with E-state index in [0.717, 1.165) is 0 Å². The van der Waals surface area contributed by atoms with Gasteiger partial charge in [0.25, 0.3) is 0 Å². The Morgan fingerprint density at radius 3 is 2.12 bits per heavy atom. The zero-order chi connectivity index (χ0) is 12.8. The number of carbonyl (C=O) groups is 3. The Labute approximate surface area is 99.6 Å². The van der Waals surface area contributed by atoms with Crippen LogP contribution >= 0.6 is 0 Å². The molecule has 0 radical (unpaired) electrons. The normalized spacial score (nSPS) is 9.76. The third-order valence-corrected chi connectivity index (χ3v) is 2.31. The summed E-state index contributed by atoms with van der Waals surface area (Å²) < 4.78 is 4.95. The second-order valence-corrected chi connectivity index (χ2v) is 3.68. The highest BCUT2D eigenvalue weighted by molar-refractivity contribution is 6.43. The summed E-state index contributed by atoms with van der Waals surface area (Å²) in [5.74, 6) is -0.571. The van der Waals surface area contributed by atoms with E-state index in [1.165, 1.54) is 26.2 Å². The lowest BCUT2D eigenvalue weighted by molar-refractivity contribution is -0.121. The van der Waals surface area contributed by atoms with Gasteiger partial charge in [0.15, 0.2) is 0 Å². The van der Waals surface area contributed by atoms with Crippen molar-refractivity contribution >= 4 is 17.3 Å². The highest BCUT2D eigenvalue weighted by Gasteiger charge is 2.16. The molecule has 0 spiro atoms. The molecule has 17 heavy (non-hydrogen) atoms. The molecule has 0 aliphatic carbocycles. The predicted octanol–water partition coefficient (Wildman–Crippen LogP) is 1.82. The number of ketones is 3. The van der Waals surface area contributed by atoms with Gasteiger partial charge in [0.2, 0.25) is 11.6 Å². The van der Waals surface area contributed by atoms with Crippen molar-refractivity contribution < 1.29 is 19.1 Å². The van der Waals surface area contributed by atoms with Gasteiger partial charge in [-0.15, -0.1) is 0 Å². The third kappa shape index (κ3) is 3.83. The van der Waals surface area contributed by atoms with Gasteiger partial charge < -0.3 is 9.53 Å². The summed E-state index contributed by atoms with van der Waals surface area (Å²) in [5, 5.41) is 0. The number of benzene rings is 1. The summed E-state index contributed by atoms with van der Waals surface area (Å²) in [4.78, 5) is 33.8. The molecule has 0 heterocycles. The molecular formula is C13H14O4. The first kappa shape index (κ1) is 13.1. The molecule has 0 bridgehead atoms. The largest absolute Gasteiger partial charge is 0.497 e. The van der Waals surface area contributed by atoms with Crippen molar-refractivity contribution in [3.63, 3.8) is 0 Å². The second kappa shape index (κ2) is 5.94. The number of rotatable bonds is 6. The molecule has 0 atom stereocenters. The van der Waals surface area contributed by atoms with E-state index in [1.807, 2.05) is 0 Å². The molecule has 1 aromatic carbocycles. The fourth-order valence-electron chi connectivity index (χ4n) is 1.31. The first-order valence-corrected chi connectivity index (χ1v) is 5.25. The Bertz CT molecular complexity index is 431. The summed E-state index contributed by atoms with van der Waals surface area (Å²) in [7, 11) is 1.52. The van der Waals surface area contributed by atoms with E-state index in [1.54, 1.807) is 12.1 Å². The molecule has 1 rings (SSSR count). The van der Waals surface area contributed by atoms with E-state index >= 15 is 0 Å². The number of hydrogen-bond acceptors (Lipinski definition) is 4. The predicted molar refractivity (Wildman–Crippen MR) is 62.2 cm³/mol. The van der Waals surface area contributed by atoms with Gasteiger partial charge in [-0.3, -0.25) is 9.59 Å². The minimum atomic E-state index is -0.561. The Morgan fingerprint density at radius 2 is 1.65 bits per heavy atom. The van der Waals surface area contributed by atoms with Crippen LogP contribution in [0, 0.1) is 0 Å². The zero-order valence-corrected chi connectivity index (χ0v) is 9.86. The molecular weight excluding hydrogens is 220 g/mol. The van der Waals surface area contributed by atoms with Gasteiger partial charge in [0.05, 0.1) is 7.11 Å². The molecule has 4 nitrogen and oxygen atoms in total. The van der Waals surface area contributed by atoms with Crippen LogP contribution in [-0.2, 0) is 9.59 Å². The summed E-state index contributed by atoms with van der Waals surface area (Å²) >= 11 is 0. The van der Waals surface area contributed by atoms with Gasteiger partial charge in [-0.1, -0.05) is 0 Å². The average molecular weight is 234 g/mol. The minimum absolute atomic E-state index is 0.0276. The van der Waals surface area contributed by atoms with E-state index in [2.05, 4.69) is 0 Å². The smallest absolute Gasteiger partial charge is 0.228 e. The van der Waals surface area contributed by atoms with Crippen molar-refractivity contribution in [2.75, 3.05) is 7.11 Å². The van der Waals surface area contributed by atoms with Crippen molar-refractivity contribution in [2.45, 2.75) is 19.8 Å². The van der Waals surface area contributed by atoms with Crippen LogP contribution in [0.4, 0.5) is 0 Å². The first-order chi connectivity index (χ1) is 8.04. The zero-order valence-electron chi connectivity index (χ0n) is 9.86. The van der Waals surface area contributed by atoms with Crippen LogP contribution in [0.15, 0.2) is 24.3 Å². The highest BCUT2D eigenvalue weighted by Crippen LogP contribution is 2.12. The standard InChI is InChI=1S/C13H14O4/c1-9(14)3-8-12(15)13(16)10-4-6-11(17-2)7-5-10/h4-7H,3,8H2,1-2H3. The Morgan fingerprint density at radius 1 is 1.06 bits per heavy atom. The van der Waals surface area contributed by atoms with Crippen molar-refractivity contribution in [2.24, 2.45) is 0 Å². The third-order valence-electron chi connectivity index (χ3n) is 2.31. The molecule has 0 unspecified atom stereocenters. The van der Waals surface area contributed by atoms with Gasteiger partial charge in [0, 0.05) is 18.4 Å². The minimum Gasteiger partial charge on any atom is -0.497 e. The van der Waals surface area contributed by atoms with Crippen LogP contribution in [0.25, 0.3) is 0 Å². The monoisotopic (exact) mass is 234 g/mol. The maximum absolute atomic E-state index is 11.7. The molecule has 0 saturated heterocycles.